The van der Waals surface area contributed by atoms with Crippen LogP contribution in [0.5, 0.6) is 0 Å². The lowest BCUT2D eigenvalue weighted by Crippen LogP contribution is -2.03. The van der Waals surface area contributed by atoms with Gasteiger partial charge in [-0.15, -0.1) is 0 Å². The smallest absolute Gasteiger partial charge is 0.375 e. The first-order chi connectivity index (χ1) is 5.34. The fourth-order valence-electron chi connectivity index (χ4n) is 0.564. The van der Waals surface area contributed by atoms with Crippen molar-refractivity contribution in [2.45, 2.75) is 0 Å². The first-order valence-corrected chi connectivity index (χ1v) is 2.92. The molecule has 0 fully saturated rings. The summed E-state index contributed by atoms with van der Waals surface area (Å²) >= 11 is 0. The number of hydrogen-bond acceptors (Lipinski definition) is 4. The molecule has 0 radical (unpaired) electrons. The van der Waals surface area contributed by atoms with Crippen molar-refractivity contribution in [3.05, 3.63) is 24.2 Å². The highest BCUT2D eigenvalue weighted by Crippen LogP contribution is 2.01. The van der Waals surface area contributed by atoms with Crippen LogP contribution in [-0.2, 0) is 4.74 Å². The molecule has 1 aromatic heterocycles. The zero-order valence-electron chi connectivity index (χ0n) is 5.61. The Hall–Kier alpha value is -1.76. The standard InChI is InChI=1S/C7H5NO3/c8-3-5-11-7(9)6-2-1-4-10-6/h1-2,4H,5H2. The van der Waals surface area contributed by atoms with E-state index in [2.05, 4.69) is 4.74 Å². The van der Waals surface area contributed by atoms with Gasteiger partial charge in [0.1, 0.15) is 6.07 Å². The normalized spacial score (nSPS) is 8.64. The SMILES string of the molecule is N#CCOC(=O)c1ccco1. The lowest BCUT2D eigenvalue weighted by molar-refractivity contribution is 0.0519. The number of hydrogen-bond donors (Lipinski definition) is 0. The average molecular weight is 151 g/mol. The van der Waals surface area contributed by atoms with Gasteiger partial charge in [0.15, 0.2) is 6.61 Å². The van der Waals surface area contributed by atoms with Crippen LogP contribution in [0.1, 0.15) is 10.6 Å². The third kappa shape index (κ3) is 1.83. The molecule has 0 spiro atoms. The van der Waals surface area contributed by atoms with Crippen LogP contribution < -0.4 is 0 Å². The minimum absolute atomic E-state index is 0.111. The molecule has 0 atom stereocenters. The topological polar surface area (TPSA) is 63.2 Å². The number of furan rings is 1. The van der Waals surface area contributed by atoms with Crippen LogP contribution >= 0.6 is 0 Å². The molecule has 4 heteroatoms. The van der Waals surface area contributed by atoms with Gasteiger partial charge in [-0.05, 0) is 12.1 Å². The molecule has 1 heterocycles. The van der Waals surface area contributed by atoms with Gasteiger partial charge in [0.05, 0.1) is 6.26 Å². The van der Waals surface area contributed by atoms with Gasteiger partial charge in [0, 0.05) is 0 Å². The van der Waals surface area contributed by atoms with Crippen LogP contribution in [0.4, 0.5) is 0 Å². The maximum atomic E-state index is 10.8. The fourth-order valence-corrected chi connectivity index (χ4v) is 0.564. The van der Waals surface area contributed by atoms with Crippen molar-refractivity contribution in [2.24, 2.45) is 0 Å². The summed E-state index contributed by atoms with van der Waals surface area (Å²) in [5, 5.41) is 8.05. The second-order valence-corrected chi connectivity index (χ2v) is 1.71. The fraction of sp³-hybridized carbons (Fsp3) is 0.143. The Morgan fingerprint density at radius 2 is 2.64 bits per heavy atom. The minimum atomic E-state index is -0.614. The van der Waals surface area contributed by atoms with E-state index in [4.69, 9.17) is 9.68 Å². The van der Waals surface area contributed by atoms with Crippen molar-refractivity contribution < 1.29 is 13.9 Å². The van der Waals surface area contributed by atoms with Crippen molar-refractivity contribution in [3.63, 3.8) is 0 Å². The average Bonchev–Trinajstić information content (AvgIpc) is 2.52. The van der Waals surface area contributed by atoms with Gasteiger partial charge in [0.25, 0.3) is 0 Å². The monoisotopic (exact) mass is 151 g/mol. The van der Waals surface area contributed by atoms with Crippen molar-refractivity contribution >= 4 is 5.97 Å². The first-order valence-electron chi connectivity index (χ1n) is 2.92. The molecule has 11 heavy (non-hydrogen) atoms. The molecule has 0 aromatic carbocycles. The molecule has 0 amide bonds. The third-order valence-corrected chi connectivity index (χ3v) is 0.990. The van der Waals surface area contributed by atoms with Gasteiger partial charge in [-0.3, -0.25) is 0 Å². The summed E-state index contributed by atoms with van der Waals surface area (Å²) < 4.78 is 9.15. The van der Waals surface area contributed by atoms with Crippen LogP contribution in [0.3, 0.4) is 0 Å². The van der Waals surface area contributed by atoms with Crippen LogP contribution in [0.25, 0.3) is 0 Å². The number of ether oxygens (including phenoxy) is 1. The molecule has 0 N–H and O–H groups in total. The maximum Gasteiger partial charge on any atom is 0.375 e. The van der Waals surface area contributed by atoms with E-state index in [1.807, 2.05) is 0 Å². The molecule has 0 bridgehead atoms. The maximum absolute atomic E-state index is 10.8. The van der Waals surface area contributed by atoms with Gasteiger partial charge in [-0.25, -0.2) is 4.79 Å². The van der Waals surface area contributed by atoms with Crippen LogP contribution in [-0.4, -0.2) is 12.6 Å². The Morgan fingerprint density at radius 1 is 1.82 bits per heavy atom. The van der Waals surface area contributed by atoms with E-state index in [1.165, 1.54) is 12.3 Å². The van der Waals surface area contributed by atoms with E-state index < -0.39 is 5.97 Å². The van der Waals surface area contributed by atoms with E-state index in [9.17, 15) is 4.79 Å². The Labute approximate surface area is 63.0 Å². The molecule has 0 aliphatic heterocycles. The van der Waals surface area contributed by atoms with Crippen LogP contribution in [0, 0.1) is 11.3 Å². The minimum Gasteiger partial charge on any atom is -0.457 e. The van der Waals surface area contributed by atoms with E-state index in [1.54, 1.807) is 12.1 Å². The molecule has 0 saturated carbocycles. The van der Waals surface area contributed by atoms with Gasteiger partial charge < -0.3 is 9.15 Å². The largest absolute Gasteiger partial charge is 0.457 e. The van der Waals surface area contributed by atoms with E-state index >= 15 is 0 Å². The number of carbonyl (C=O) groups excluding carboxylic acids is 1. The zero-order valence-corrected chi connectivity index (χ0v) is 5.61. The molecule has 1 aromatic rings. The summed E-state index contributed by atoms with van der Waals surface area (Å²) in [7, 11) is 0. The quantitative estimate of drug-likeness (QED) is 0.590. The Morgan fingerprint density at radius 3 is 3.18 bits per heavy atom. The lowest BCUT2D eigenvalue weighted by Gasteiger charge is -1.93. The van der Waals surface area contributed by atoms with Gasteiger partial charge in [-0.2, -0.15) is 5.26 Å². The summed E-state index contributed by atoms with van der Waals surface area (Å²) in [6, 6.07) is 4.72. The summed E-state index contributed by atoms with van der Waals surface area (Å²) in [5.74, 6) is -0.503. The van der Waals surface area contributed by atoms with E-state index in [0.717, 1.165) is 0 Å². The van der Waals surface area contributed by atoms with Crippen LogP contribution in [0.2, 0.25) is 0 Å². The summed E-state index contributed by atoms with van der Waals surface area (Å²) in [4.78, 5) is 10.8. The highest BCUT2D eigenvalue weighted by atomic mass is 16.5. The van der Waals surface area contributed by atoms with E-state index in [0.29, 0.717) is 0 Å². The highest BCUT2D eigenvalue weighted by Gasteiger charge is 2.08. The number of rotatable bonds is 2. The van der Waals surface area contributed by atoms with E-state index in [-0.39, 0.29) is 12.4 Å². The summed E-state index contributed by atoms with van der Waals surface area (Å²) in [6.07, 6.45) is 1.36. The molecule has 0 aliphatic carbocycles. The molecule has 1 rings (SSSR count). The van der Waals surface area contributed by atoms with Gasteiger partial charge in [0.2, 0.25) is 5.76 Å². The molecule has 0 aliphatic rings. The van der Waals surface area contributed by atoms with Crippen LogP contribution in [0.15, 0.2) is 22.8 Å². The van der Waals surface area contributed by atoms with Gasteiger partial charge >= 0.3 is 5.97 Å². The number of nitriles is 1. The predicted octanol–water partition coefficient (Wildman–Crippen LogP) is 0.960. The van der Waals surface area contributed by atoms with Crippen molar-refractivity contribution in [2.75, 3.05) is 6.61 Å². The molecular weight excluding hydrogens is 146 g/mol. The number of esters is 1. The molecule has 0 saturated heterocycles. The lowest BCUT2D eigenvalue weighted by atomic mass is 10.5. The Bertz CT molecular complexity index is 270. The van der Waals surface area contributed by atoms with Crippen molar-refractivity contribution in [1.29, 1.82) is 5.26 Å². The number of nitrogens with zero attached hydrogens (tertiary/aromatic N) is 1. The molecule has 0 unspecified atom stereocenters. The van der Waals surface area contributed by atoms with Crippen molar-refractivity contribution in [1.82, 2.24) is 0 Å². The molecule has 56 valence electrons. The second-order valence-electron chi connectivity index (χ2n) is 1.71. The predicted molar refractivity (Wildman–Crippen MR) is 34.6 cm³/mol. The summed E-state index contributed by atoms with van der Waals surface area (Å²) in [6.45, 7) is -0.250. The van der Waals surface area contributed by atoms with Crippen molar-refractivity contribution in [3.8, 4) is 6.07 Å². The molecule has 4 nitrogen and oxygen atoms in total. The number of carbonyl (C=O) groups is 1. The summed E-state index contributed by atoms with van der Waals surface area (Å²) in [5.41, 5.74) is 0. The Kier molecular flexibility index (Phi) is 2.28. The zero-order chi connectivity index (χ0) is 8.10. The molecular formula is C7H5NO3. The first kappa shape index (κ1) is 7.35. The highest BCUT2D eigenvalue weighted by molar-refractivity contribution is 5.86. The van der Waals surface area contributed by atoms with Gasteiger partial charge in [-0.1, -0.05) is 0 Å². The Balaban J connectivity index is 2.51. The third-order valence-electron chi connectivity index (χ3n) is 0.990. The second kappa shape index (κ2) is 3.42.